The molecule has 1 N–H and O–H groups in total. The summed E-state index contributed by atoms with van der Waals surface area (Å²) in [5.41, 5.74) is 2.14. The van der Waals surface area contributed by atoms with Gasteiger partial charge in [0.15, 0.2) is 5.82 Å². The zero-order valence-corrected chi connectivity index (χ0v) is 12.3. The summed E-state index contributed by atoms with van der Waals surface area (Å²) in [4.78, 5) is 15.8. The Balaban J connectivity index is 2.38. The molecule has 0 unspecified atom stereocenters. The summed E-state index contributed by atoms with van der Waals surface area (Å²) >= 11 is 0. The lowest BCUT2D eigenvalue weighted by Crippen LogP contribution is -2.05. The number of ether oxygens (including phenoxy) is 1. The number of hydrogen-bond donors (Lipinski definition) is 1. The van der Waals surface area contributed by atoms with E-state index in [0.29, 0.717) is 36.6 Å². The fraction of sp³-hybridized carbons (Fsp3) is 0.400. The molecule has 0 saturated carbocycles. The maximum absolute atomic E-state index is 11.5. The van der Waals surface area contributed by atoms with E-state index in [0.717, 1.165) is 5.56 Å². The van der Waals surface area contributed by atoms with E-state index in [1.54, 1.807) is 13.0 Å². The van der Waals surface area contributed by atoms with Crippen LogP contribution in [-0.2, 0) is 11.2 Å². The van der Waals surface area contributed by atoms with E-state index < -0.39 is 5.97 Å². The van der Waals surface area contributed by atoms with Gasteiger partial charge in [0.2, 0.25) is 0 Å². The number of hydrogen-bond acceptors (Lipinski definition) is 5. The number of carbonyl (C=O) groups is 1. The highest BCUT2D eigenvalue weighted by atomic mass is 16.5. The van der Waals surface area contributed by atoms with Gasteiger partial charge in [0.05, 0.1) is 17.7 Å². The molecule has 0 aliphatic carbocycles. The quantitative estimate of drug-likeness (QED) is 0.823. The first-order chi connectivity index (χ1) is 10.0. The topological polar surface area (TPSA) is 85.5 Å². The molecular weight excluding hydrogens is 272 g/mol. The first-order valence-corrected chi connectivity index (χ1v) is 6.78. The van der Waals surface area contributed by atoms with Crippen molar-refractivity contribution in [2.24, 2.45) is 0 Å². The van der Waals surface area contributed by atoms with Gasteiger partial charge >= 0.3 is 5.97 Å². The van der Waals surface area contributed by atoms with Crippen LogP contribution in [0, 0.1) is 13.8 Å². The SMILES string of the molecule is CCOCCc1noc(-c2c(C)ccc(C)c2C(=O)O)n1. The Morgan fingerprint density at radius 3 is 2.71 bits per heavy atom. The van der Waals surface area contributed by atoms with Crippen LogP contribution in [0.2, 0.25) is 0 Å². The molecule has 1 heterocycles. The molecule has 2 aromatic rings. The molecule has 0 amide bonds. The minimum Gasteiger partial charge on any atom is -0.478 e. The summed E-state index contributed by atoms with van der Waals surface area (Å²) < 4.78 is 10.5. The van der Waals surface area contributed by atoms with Gasteiger partial charge in [0.1, 0.15) is 0 Å². The van der Waals surface area contributed by atoms with Crippen molar-refractivity contribution >= 4 is 5.97 Å². The fourth-order valence-electron chi connectivity index (χ4n) is 2.13. The summed E-state index contributed by atoms with van der Waals surface area (Å²) in [6.45, 7) is 6.62. The van der Waals surface area contributed by atoms with Crippen molar-refractivity contribution in [3.05, 3.63) is 34.6 Å². The summed E-state index contributed by atoms with van der Waals surface area (Å²) in [5.74, 6) is -0.254. The maximum Gasteiger partial charge on any atom is 0.336 e. The highest BCUT2D eigenvalue weighted by Crippen LogP contribution is 2.28. The van der Waals surface area contributed by atoms with E-state index in [2.05, 4.69) is 10.1 Å². The minimum absolute atomic E-state index is 0.204. The smallest absolute Gasteiger partial charge is 0.336 e. The second kappa shape index (κ2) is 6.49. The van der Waals surface area contributed by atoms with Gasteiger partial charge in [-0.2, -0.15) is 4.98 Å². The second-order valence-corrected chi connectivity index (χ2v) is 4.72. The van der Waals surface area contributed by atoms with Crippen molar-refractivity contribution in [2.45, 2.75) is 27.2 Å². The van der Waals surface area contributed by atoms with Gasteiger partial charge in [-0.3, -0.25) is 0 Å². The molecule has 0 aliphatic rings. The Labute approximate surface area is 122 Å². The maximum atomic E-state index is 11.5. The lowest BCUT2D eigenvalue weighted by atomic mass is 9.97. The third-order valence-corrected chi connectivity index (χ3v) is 3.19. The lowest BCUT2D eigenvalue weighted by molar-refractivity contribution is 0.0696. The Morgan fingerprint density at radius 1 is 1.33 bits per heavy atom. The van der Waals surface area contributed by atoms with Gasteiger partial charge in [0, 0.05) is 13.0 Å². The molecule has 1 aromatic heterocycles. The first-order valence-electron chi connectivity index (χ1n) is 6.78. The van der Waals surface area contributed by atoms with Crippen LogP contribution < -0.4 is 0 Å². The summed E-state index contributed by atoms with van der Waals surface area (Å²) in [6.07, 6.45) is 0.532. The van der Waals surface area contributed by atoms with E-state index in [4.69, 9.17) is 9.26 Å². The standard InChI is InChI=1S/C15H18N2O4/c1-4-20-8-7-11-16-14(21-17-11)12-9(2)5-6-10(3)13(12)15(18)19/h5-6H,4,7-8H2,1-3H3,(H,18,19). The van der Waals surface area contributed by atoms with Crippen molar-refractivity contribution in [3.63, 3.8) is 0 Å². The van der Waals surface area contributed by atoms with Crippen molar-refractivity contribution in [1.82, 2.24) is 10.1 Å². The molecule has 21 heavy (non-hydrogen) atoms. The largest absolute Gasteiger partial charge is 0.478 e. The molecule has 0 fully saturated rings. The van der Waals surface area contributed by atoms with Gasteiger partial charge in [-0.1, -0.05) is 17.3 Å². The van der Waals surface area contributed by atoms with E-state index in [1.165, 1.54) is 0 Å². The van der Waals surface area contributed by atoms with E-state index in [1.807, 2.05) is 19.9 Å². The van der Waals surface area contributed by atoms with Crippen LogP contribution in [0.5, 0.6) is 0 Å². The normalized spacial score (nSPS) is 10.8. The molecule has 112 valence electrons. The number of aryl methyl sites for hydroxylation is 2. The van der Waals surface area contributed by atoms with Gasteiger partial charge in [-0.15, -0.1) is 0 Å². The number of nitrogens with zero attached hydrogens (tertiary/aromatic N) is 2. The van der Waals surface area contributed by atoms with Crippen LogP contribution in [0.15, 0.2) is 16.7 Å². The average molecular weight is 290 g/mol. The van der Waals surface area contributed by atoms with E-state index in [9.17, 15) is 9.90 Å². The van der Waals surface area contributed by atoms with Crippen molar-refractivity contribution in [2.75, 3.05) is 13.2 Å². The summed E-state index contributed by atoms with van der Waals surface area (Å²) in [5, 5.41) is 13.3. The zero-order chi connectivity index (χ0) is 15.4. The molecule has 6 nitrogen and oxygen atoms in total. The number of carboxylic acids is 1. The number of benzene rings is 1. The number of carboxylic acid groups (broad SMARTS) is 1. The number of aromatic carboxylic acids is 1. The van der Waals surface area contributed by atoms with Crippen LogP contribution in [0.1, 0.15) is 34.2 Å². The van der Waals surface area contributed by atoms with Crippen LogP contribution in [0.4, 0.5) is 0 Å². The van der Waals surface area contributed by atoms with Crippen LogP contribution in [0.25, 0.3) is 11.5 Å². The van der Waals surface area contributed by atoms with Crippen LogP contribution in [0.3, 0.4) is 0 Å². The molecule has 0 bridgehead atoms. The van der Waals surface area contributed by atoms with Crippen molar-refractivity contribution in [3.8, 4) is 11.5 Å². The molecule has 6 heteroatoms. The van der Waals surface area contributed by atoms with Gasteiger partial charge < -0.3 is 14.4 Å². The van der Waals surface area contributed by atoms with Crippen LogP contribution >= 0.6 is 0 Å². The molecule has 0 saturated heterocycles. The molecule has 0 radical (unpaired) electrons. The van der Waals surface area contributed by atoms with E-state index >= 15 is 0 Å². The summed E-state index contributed by atoms with van der Waals surface area (Å²) in [6, 6.07) is 3.62. The van der Waals surface area contributed by atoms with Crippen LogP contribution in [-0.4, -0.2) is 34.4 Å². The summed E-state index contributed by atoms with van der Waals surface area (Å²) in [7, 11) is 0. The highest BCUT2D eigenvalue weighted by molar-refractivity contribution is 5.97. The second-order valence-electron chi connectivity index (χ2n) is 4.72. The molecule has 0 spiro atoms. The molecule has 0 aliphatic heterocycles. The van der Waals surface area contributed by atoms with E-state index in [-0.39, 0.29) is 11.5 Å². The first kappa shape index (κ1) is 15.2. The third kappa shape index (κ3) is 3.28. The minimum atomic E-state index is -1.000. The predicted octanol–water partition coefficient (Wildman–Crippen LogP) is 2.63. The highest BCUT2D eigenvalue weighted by Gasteiger charge is 2.21. The fourth-order valence-corrected chi connectivity index (χ4v) is 2.13. The average Bonchev–Trinajstić information content (AvgIpc) is 2.89. The Kier molecular flexibility index (Phi) is 4.70. The van der Waals surface area contributed by atoms with Crippen molar-refractivity contribution in [1.29, 1.82) is 0 Å². The number of aromatic nitrogens is 2. The number of rotatable bonds is 6. The molecule has 0 atom stereocenters. The van der Waals surface area contributed by atoms with Gasteiger partial charge in [-0.25, -0.2) is 4.79 Å². The monoisotopic (exact) mass is 290 g/mol. The van der Waals surface area contributed by atoms with Gasteiger partial charge in [-0.05, 0) is 31.9 Å². The lowest BCUT2D eigenvalue weighted by Gasteiger charge is -2.08. The van der Waals surface area contributed by atoms with Crippen molar-refractivity contribution < 1.29 is 19.2 Å². The Bertz CT molecular complexity index is 649. The molecule has 2 rings (SSSR count). The van der Waals surface area contributed by atoms with Gasteiger partial charge in [0.25, 0.3) is 5.89 Å². The Hall–Kier alpha value is -2.21. The molecular formula is C15H18N2O4. The third-order valence-electron chi connectivity index (χ3n) is 3.19. The molecule has 1 aromatic carbocycles. The zero-order valence-electron chi connectivity index (χ0n) is 12.3. The predicted molar refractivity (Wildman–Crippen MR) is 76.4 cm³/mol. The Morgan fingerprint density at radius 2 is 2.05 bits per heavy atom.